The summed E-state index contributed by atoms with van der Waals surface area (Å²) in [6, 6.07) is -0.334. The maximum atomic E-state index is 11.5. The molecule has 0 saturated heterocycles. The van der Waals surface area contributed by atoms with Crippen molar-refractivity contribution in [1.29, 1.82) is 0 Å². The van der Waals surface area contributed by atoms with Crippen LogP contribution in [0.15, 0.2) is 0 Å². The Labute approximate surface area is 114 Å². The van der Waals surface area contributed by atoms with Crippen molar-refractivity contribution < 1.29 is 4.79 Å². The van der Waals surface area contributed by atoms with Crippen molar-refractivity contribution in [2.45, 2.75) is 38.1 Å². The van der Waals surface area contributed by atoms with Gasteiger partial charge in [0, 0.05) is 6.54 Å². The molecule has 0 aliphatic heterocycles. The highest BCUT2D eigenvalue weighted by Gasteiger charge is 2.11. The highest BCUT2D eigenvalue weighted by atomic mass is 32.2. The molecular formula is C12H26N2OS2. The Morgan fingerprint density at radius 2 is 1.76 bits per heavy atom. The first-order valence-corrected chi connectivity index (χ1v) is 9.02. The average molecular weight is 278 g/mol. The molecule has 0 spiro atoms. The van der Waals surface area contributed by atoms with Crippen LogP contribution in [0.2, 0.25) is 0 Å². The maximum Gasteiger partial charge on any atom is 0.236 e. The molecule has 1 amide bonds. The van der Waals surface area contributed by atoms with Crippen molar-refractivity contribution >= 4 is 29.4 Å². The van der Waals surface area contributed by atoms with E-state index in [2.05, 4.69) is 11.6 Å². The molecule has 102 valence electrons. The number of thioether (sulfide) groups is 2. The molecule has 17 heavy (non-hydrogen) atoms. The van der Waals surface area contributed by atoms with E-state index in [1.165, 1.54) is 25.0 Å². The van der Waals surface area contributed by atoms with Crippen molar-refractivity contribution in [3.8, 4) is 0 Å². The molecule has 0 heterocycles. The fourth-order valence-electron chi connectivity index (χ4n) is 1.44. The predicted octanol–water partition coefficient (Wildman–Crippen LogP) is 2.11. The topological polar surface area (TPSA) is 55.1 Å². The third-order valence-corrected chi connectivity index (χ3v) is 3.89. The number of carbonyl (C=O) groups is 1. The third-order valence-electron chi connectivity index (χ3n) is 2.54. The van der Waals surface area contributed by atoms with E-state index in [1.807, 2.05) is 18.0 Å². The number of carbonyl (C=O) groups excluding carboxylic acids is 1. The van der Waals surface area contributed by atoms with E-state index in [0.29, 0.717) is 0 Å². The van der Waals surface area contributed by atoms with Gasteiger partial charge in [-0.25, -0.2) is 0 Å². The van der Waals surface area contributed by atoms with Gasteiger partial charge in [-0.05, 0) is 43.3 Å². The summed E-state index contributed by atoms with van der Waals surface area (Å²) in [5.74, 6) is 2.19. The van der Waals surface area contributed by atoms with Crippen LogP contribution in [-0.2, 0) is 4.79 Å². The van der Waals surface area contributed by atoms with Crippen molar-refractivity contribution in [2.75, 3.05) is 30.6 Å². The molecule has 0 bridgehead atoms. The minimum Gasteiger partial charge on any atom is -0.355 e. The molecule has 0 aromatic rings. The quantitative estimate of drug-likeness (QED) is 0.568. The lowest BCUT2D eigenvalue weighted by Gasteiger charge is -2.11. The molecule has 0 rings (SSSR count). The van der Waals surface area contributed by atoms with E-state index in [4.69, 9.17) is 5.73 Å². The van der Waals surface area contributed by atoms with Crippen LogP contribution >= 0.6 is 23.5 Å². The van der Waals surface area contributed by atoms with Gasteiger partial charge in [-0.15, -0.1) is 0 Å². The Balaban J connectivity index is 3.32. The van der Waals surface area contributed by atoms with Crippen molar-refractivity contribution in [2.24, 2.45) is 5.73 Å². The number of nitrogens with two attached hydrogens (primary N) is 1. The van der Waals surface area contributed by atoms with E-state index in [-0.39, 0.29) is 11.9 Å². The standard InChI is InChI=1S/C12H26N2OS2/c1-16-9-6-4-3-5-8-14-12(15)11(13)7-10-17-2/h11H,3-10,13H2,1-2H3,(H,14,15)/t11-/m0/s1. The van der Waals surface area contributed by atoms with E-state index >= 15 is 0 Å². The summed E-state index contributed by atoms with van der Waals surface area (Å²) >= 11 is 3.62. The zero-order valence-corrected chi connectivity index (χ0v) is 12.7. The zero-order valence-electron chi connectivity index (χ0n) is 11.0. The molecule has 0 radical (unpaired) electrons. The number of unbranched alkanes of at least 4 members (excludes halogenated alkanes) is 3. The normalized spacial score (nSPS) is 12.4. The van der Waals surface area contributed by atoms with Crippen LogP contribution < -0.4 is 11.1 Å². The minimum absolute atomic E-state index is 0.00293. The fourth-order valence-corrected chi connectivity index (χ4v) is 2.43. The highest BCUT2D eigenvalue weighted by Crippen LogP contribution is 2.04. The van der Waals surface area contributed by atoms with Crippen LogP contribution in [0.4, 0.5) is 0 Å². The smallest absolute Gasteiger partial charge is 0.236 e. The van der Waals surface area contributed by atoms with E-state index < -0.39 is 0 Å². The van der Waals surface area contributed by atoms with Gasteiger partial charge in [0.15, 0.2) is 0 Å². The first-order chi connectivity index (χ1) is 8.22. The molecule has 0 unspecified atom stereocenters. The average Bonchev–Trinajstić information content (AvgIpc) is 2.34. The first kappa shape index (κ1) is 17.1. The summed E-state index contributed by atoms with van der Waals surface area (Å²) in [4.78, 5) is 11.5. The lowest BCUT2D eigenvalue weighted by molar-refractivity contribution is -0.122. The lowest BCUT2D eigenvalue weighted by atomic mass is 10.2. The molecule has 0 aliphatic rings. The van der Waals surface area contributed by atoms with Crippen molar-refractivity contribution in [1.82, 2.24) is 5.32 Å². The van der Waals surface area contributed by atoms with Gasteiger partial charge in [0.05, 0.1) is 6.04 Å². The summed E-state index contributed by atoms with van der Waals surface area (Å²) in [7, 11) is 0. The lowest BCUT2D eigenvalue weighted by Crippen LogP contribution is -2.41. The second-order valence-corrected chi connectivity index (χ2v) is 6.06. The van der Waals surface area contributed by atoms with Crippen LogP contribution in [0, 0.1) is 0 Å². The molecule has 5 heteroatoms. The Morgan fingerprint density at radius 3 is 2.41 bits per heavy atom. The molecule has 0 fully saturated rings. The van der Waals surface area contributed by atoms with Gasteiger partial charge in [-0.3, -0.25) is 4.79 Å². The van der Waals surface area contributed by atoms with Crippen molar-refractivity contribution in [3.05, 3.63) is 0 Å². The Bertz CT molecular complexity index is 191. The van der Waals surface area contributed by atoms with Gasteiger partial charge in [0.2, 0.25) is 5.91 Å². The van der Waals surface area contributed by atoms with Crippen molar-refractivity contribution in [3.63, 3.8) is 0 Å². The predicted molar refractivity (Wildman–Crippen MR) is 80.8 cm³/mol. The van der Waals surface area contributed by atoms with Gasteiger partial charge >= 0.3 is 0 Å². The largest absolute Gasteiger partial charge is 0.355 e. The number of rotatable bonds is 11. The molecule has 0 aromatic heterocycles. The van der Waals surface area contributed by atoms with Crippen LogP contribution in [0.1, 0.15) is 32.1 Å². The summed E-state index contributed by atoms with van der Waals surface area (Å²) in [5.41, 5.74) is 5.76. The van der Waals surface area contributed by atoms with Crippen LogP contribution in [0.5, 0.6) is 0 Å². The maximum absolute atomic E-state index is 11.5. The van der Waals surface area contributed by atoms with Gasteiger partial charge in [0.1, 0.15) is 0 Å². The van der Waals surface area contributed by atoms with Gasteiger partial charge in [-0.2, -0.15) is 23.5 Å². The number of hydrogen-bond donors (Lipinski definition) is 2. The number of hydrogen-bond acceptors (Lipinski definition) is 4. The molecular weight excluding hydrogens is 252 g/mol. The van der Waals surface area contributed by atoms with E-state index in [9.17, 15) is 4.79 Å². The molecule has 0 saturated carbocycles. The minimum atomic E-state index is -0.334. The Hall–Kier alpha value is 0.130. The fraction of sp³-hybridized carbons (Fsp3) is 0.917. The van der Waals surface area contributed by atoms with E-state index in [0.717, 1.165) is 25.1 Å². The zero-order chi connectivity index (χ0) is 12.9. The third kappa shape index (κ3) is 11.0. The first-order valence-electron chi connectivity index (χ1n) is 6.23. The summed E-state index contributed by atoms with van der Waals surface area (Å²) < 4.78 is 0. The Morgan fingerprint density at radius 1 is 1.12 bits per heavy atom. The van der Waals surface area contributed by atoms with Gasteiger partial charge < -0.3 is 11.1 Å². The molecule has 3 nitrogen and oxygen atoms in total. The van der Waals surface area contributed by atoms with Gasteiger partial charge in [0.25, 0.3) is 0 Å². The second kappa shape index (κ2) is 12.6. The molecule has 1 atom stereocenters. The molecule has 0 aliphatic carbocycles. The van der Waals surface area contributed by atoms with Crippen LogP contribution in [0.25, 0.3) is 0 Å². The molecule has 0 aromatic carbocycles. The number of amides is 1. The van der Waals surface area contributed by atoms with Crippen LogP contribution in [-0.4, -0.2) is 42.5 Å². The van der Waals surface area contributed by atoms with Gasteiger partial charge in [-0.1, -0.05) is 12.8 Å². The summed E-state index contributed by atoms with van der Waals surface area (Å²) in [5, 5.41) is 2.90. The SMILES string of the molecule is CSCCCCCCNC(=O)[C@@H](N)CCSC. The Kier molecular flexibility index (Phi) is 12.7. The summed E-state index contributed by atoms with van der Waals surface area (Å²) in [6.45, 7) is 0.769. The molecule has 3 N–H and O–H groups in total. The monoisotopic (exact) mass is 278 g/mol. The summed E-state index contributed by atoms with van der Waals surface area (Å²) in [6.07, 6.45) is 9.73. The highest BCUT2D eigenvalue weighted by molar-refractivity contribution is 7.98. The second-order valence-electron chi connectivity index (χ2n) is 4.09. The van der Waals surface area contributed by atoms with Crippen LogP contribution in [0.3, 0.4) is 0 Å². The number of nitrogens with one attached hydrogen (secondary N) is 1. The van der Waals surface area contributed by atoms with E-state index in [1.54, 1.807) is 11.8 Å².